The molecule has 0 saturated carbocycles. The van der Waals surface area contributed by atoms with Crippen molar-refractivity contribution in [2.45, 2.75) is 6.61 Å². The minimum Gasteiger partial charge on any atom is -0.464 e. The summed E-state index contributed by atoms with van der Waals surface area (Å²) in [6.07, 6.45) is 0. The van der Waals surface area contributed by atoms with Crippen LogP contribution in [0, 0.1) is 0 Å². The monoisotopic (exact) mass is 314 g/mol. The predicted octanol–water partition coefficient (Wildman–Crippen LogP) is 2.61. The first-order chi connectivity index (χ1) is 8.31. The Morgan fingerprint density at radius 1 is 1.29 bits per heavy atom. The van der Waals surface area contributed by atoms with Crippen LogP contribution in [0.25, 0.3) is 0 Å². The van der Waals surface area contributed by atoms with Gasteiger partial charge in [0, 0.05) is 0 Å². The standard InChI is InChI=1S/C10H7BrN2O3S/c11-9-12-13-10(17-9)14-4-6-1-2-7-8(3-6)16-5-15-7/h1-3H,4-5H2. The summed E-state index contributed by atoms with van der Waals surface area (Å²) in [5, 5.41) is 8.19. The first-order valence-electron chi connectivity index (χ1n) is 4.81. The topological polar surface area (TPSA) is 53.5 Å². The maximum Gasteiger partial charge on any atom is 0.295 e. The Balaban J connectivity index is 1.69. The zero-order valence-electron chi connectivity index (χ0n) is 8.55. The lowest BCUT2D eigenvalue weighted by atomic mass is 10.2. The highest BCUT2D eigenvalue weighted by Gasteiger charge is 2.13. The molecule has 1 aliphatic heterocycles. The molecule has 1 aliphatic rings. The molecular weight excluding hydrogens is 308 g/mol. The number of halogens is 1. The fourth-order valence-electron chi connectivity index (χ4n) is 1.43. The largest absolute Gasteiger partial charge is 0.464 e. The first kappa shape index (κ1) is 10.8. The van der Waals surface area contributed by atoms with Gasteiger partial charge in [-0.1, -0.05) is 11.2 Å². The van der Waals surface area contributed by atoms with Gasteiger partial charge < -0.3 is 14.2 Å². The highest BCUT2D eigenvalue weighted by molar-refractivity contribution is 9.11. The number of ether oxygens (including phenoxy) is 3. The van der Waals surface area contributed by atoms with Crippen molar-refractivity contribution in [3.63, 3.8) is 0 Å². The molecule has 2 aromatic rings. The number of nitrogens with zero attached hydrogens (tertiary/aromatic N) is 2. The normalized spacial score (nSPS) is 12.8. The van der Waals surface area contributed by atoms with E-state index in [9.17, 15) is 0 Å². The number of hydrogen-bond donors (Lipinski definition) is 0. The lowest BCUT2D eigenvalue weighted by molar-refractivity contribution is 0.174. The Hall–Kier alpha value is -1.34. The highest BCUT2D eigenvalue weighted by atomic mass is 79.9. The molecule has 0 aliphatic carbocycles. The minimum atomic E-state index is 0.281. The fourth-order valence-corrected chi connectivity index (χ4v) is 2.35. The zero-order valence-corrected chi connectivity index (χ0v) is 11.0. The molecular formula is C10H7BrN2O3S. The Kier molecular flexibility index (Phi) is 2.86. The lowest BCUT2D eigenvalue weighted by Crippen LogP contribution is -1.95. The zero-order chi connectivity index (χ0) is 11.7. The van der Waals surface area contributed by atoms with E-state index in [-0.39, 0.29) is 6.79 Å². The van der Waals surface area contributed by atoms with Gasteiger partial charge in [-0.2, -0.15) is 0 Å². The number of benzene rings is 1. The molecule has 0 saturated heterocycles. The van der Waals surface area contributed by atoms with Crippen molar-refractivity contribution in [2.24, 2.45) is 0 Å². The van der Waals surface area contributed by atoms with Gasteiger partial charge in [0.2, 0.25) is 6.79 Å². The second kappa shape index (κ2) is 4.50. The second-order valence-electron chi connectivity index (χ2n) is 3.30. The lowest BCUT2D eigenvalue weighted by Gasteiger charge is -2.03. The average molecular weight is 315 g/mol. The number of rotatable bonds is 3. The molecule has 7 heteroatoms. The number of fused-ring (bicyclic) bond motifs is 1. The van der Waals surface area contributed by atoms with Crippen molar-refractivity contribution in [1.29, 1.82) is 0 Å². The van der Waals surface area contributed by atoms with Crippen LogP contribution < -0.4 is 14.2 Å². The molecule has 5 nitrogen and oxygen atoms in total. The maximum atomic E-state index is 5.49. The quantitative estimate of drug-likeness (QED) is 0.871. The molecule has 0 atom stereocenters. The van der Waals surface area contributed by atoms with Gasteiger partial charge in [0.15, 0.2) is 15.4 Å². The Morgan fingerprint density at radius 3 is 3.00 bits per heavy atom. The third-order valence-electron chi connectivity index (χ3n) is 2.18. The maximum absolute atomic E-state index is 5.49. The smallest absolute Gasteiger partial charge is 0.295 e. The minimum absolute atomic E-state index is 0.281. The van der Waals surface area contributed by atoms with Crippen molar-refractivity contribution in [2.75, 3.05) is 6.79 Å². The van der Waals surface area contributed by atoms with Crippen LogP contribution in [0.3, 0.4) is 0 Å². The van der Waals surface area contributed by atoms with E-state index >= 15 is 0 Å². The third-order valence-corrected chi connectivity index (χ3v) is 3.45. The van der Waals surface area contributed by atoms with E-state index in [1.165, 1.54) is 11.3 Å². The molecule has 2 heterocycles. The predicted molar refractivity (Wildman–Crippen MR) is 64.5 cm³/mol. The summed E-state index contributed by atoms with van der Waals surface area (Å²) in [4.78, 5) is 0. The van der Waals surface area contributed by atoms with Crippen molar-refractivity contribution < 1.29 is 14.2 Å². The van der Waals surface area contributed by atoms with E-state index in [4.69, 9.17) is 14.2 Å². The molecule has 0 fully saturated rings. The number of aromatic nitrogens is 2. The van der Waals surface area contributed by atoms with Crippen LogP contribution in [0.2, 0.25) is 0 Å². The van der Waals surface area contributed by atoms with Crippen LogP contribution in [0.15, 0.2) is 22.1 Å². The van der Waals surface area contributed by atoms with Crippen LogP contribution in [0.4, 0.5) is 0 Å². The molecule has 0 radical (unpaired) electrons. The van der Waals surface area contributed by atoms with Gasteiger partial charge >= 0.3 is 0 Å². The summed E-state index contributed by atoms with van der Waals surface area (Å²) in [5.41, 5.74) is 1.00. The summed E-state index contributed by atoms with van der Waals surface area (Å²) in [6.45, 7) is 0.710. The second-order valence-corrected chi connectivity index (χ2v) is 5.51. The highest BCUT2D eigenvalue weighted by Crippen LogP contribution is 2.33. The molecule has 3 rings (SSSR count). The fraction of sp³-hybridized carbons (Fsp3) is 0.200. The van der Waals surface area contributed by atoms with Crippen molar-refractivity contribution in [3.8, 4) is 16.7 Å². The molecule has 1 aromatic heterocycles. The SMILES string of the molecule is Brc1nnc(OCc2ccc3c(c2)OCO3)s1. The Morgan fingerprint density at radius 2 is 2.18 bits per heavy atom. The molecule has 0 spiro atoms. The van der Waals surface area contributed by atoms with E-state index < -0.39 is 0 Å². The molecule has 88 valence electrons. The van der Waals surface area contributed by atoms with Gasteiger partial charge in [-0.05, 0) is 45.0 Å². The van der Waals surface area contributed by atoms with Crippen LogP contribution in [-0.2, 0) is 6.61 Å². The molecule has 0 amide bonds. The average Bonchev–Trinajstić information content (AvgIpc) is 2.94. The van der Waals surface area contributed by atoms with Gasteiger partial charge in [-0.3, -0.25) is 0 Å². The van der Waals surface area contributed by atoms with E-state index in [2.05, 4.69) is 26.1 Å². The third kappa shape index (κ3) is 2.34. The van der Waals surface area contributed by atoms with Crippen LogP contribution in [0.5, 0.6) is 16.7 Å². The molecule has 1 aromatic carbocycles. The van der Waals surface area contributed by atoms with Crippen molar-refractivity contribution >= 4 is 27.3 Å². The summed E-state index contributed by atoms with van der Waals surface area (Å²) >= 11 is 4.58. The van der Waals surface area contributed by atoms with Gasteiger partial charge in [-0.25, -0.2) is 0 Å². The van der Waals surface area contributed by atoms with E-state index in [1.54, 1.807) is 0 Å². The summed E-state index contributed by atoms with van der Waals surface area (Å²) in [6, 6.07) is 5.71. The van der Waals surface area contributed by atoms with Crippen LogP contribution in [0.1, 0.15) is 5.56 Å². The molecule has 17 heavy (non-hydrogen) atoms. The van der Waals surface area contributed by atoms with Gasteiger partial charge in [0.25, 0.3) is 5.19 Å². The van der Waals surface area contributed by atoms with E-state index in [0.29, 0.717) is 15.7 Å². The van der Waals surface area contributed by atoms with Crippen molar-refractivity contribution in [1.82, 2.24) is 10.2 Å². The van der Waals surface area contributed by atoms with Gasteiger partial charge in [-0.15, -0.1) is 5.10 Å². The van der Waals surface area contributed by atoms with Gasteiger partial charge in [0.1, 0.15) is 6.61 Å². The molecule has 0 unspecified atom stereocenters. The first-order valence-corrected chi connectivity index (χ1v) is 6.42. The summed E-state index contributed by atoms with van der Waals surface area (Å²) in [7, 11) is 0. The van der Waals surface area contributed by atoms with Crippen molar-refractivity contribution in [3.05, 3.63) is 27.7 Å². The molecule has 0 bridgehead atoms. The van der Waals surface area contributed by atoms with Gasteiger partial charge in [0.05, 0.1) is 0 Å². The number of hydrogen-bond acceptors (Lipinski definition) is 6. The Bertz CT molecular complexity index is 546. The van der Waals surface area contributed by atoms with E-state index in [0.717, 1.165) is 17.1 Å². The Labute approximate surface area is 109 Å². The molecule has 0 N–H and O–H groups in total. The van der Waals surface area contributed by atoms with Crippen LogP contribution in [-0.4, -0.2) is 17.0 Å². The summed E-state index contributed by atoms with van der Waals surface area (Å²) < 4.78 is 16.7. The van der Waals surface area contributed by atoms with Crippen LogP contribution >= 0.6 is 27.3 Å². The van der Waals surface area contributed by atoms with E-state index in [1.807, 2.05) is 18.2 Å². The summed E-state index contributed by atoms with van der Waals surface area (Å²) in [5.74, 6) is 1.52.